The highest BCUT2D eigenvalue weighted by atomic mass is 32.1. The molecule has 0 amide bonds. The second-order valence-corrected chi connectivity index (χ2v) is 5.86. The number of nitrogens with zero attached hydrogens (tertiary/aromatic N) is 1. The Morgan fingerprint density at radius 3 is 2.85 bits per heavy atom. The molecule has 0 unspecified atom stereocenters. The van der Waals surface area contributed by atoms with Crippen LogP contribution in [0.2, 0.25) is 0 Å². The molecule has 2 heterocycles. The second kappa shape index (κ2) is 4.68. The number of carbonyl (C=O) groups is 1. The molecule has 0 radical (unpaired) electrons. The van der Waals surface area contributed by atoms with Gasteiger partial charge in [0.1, 0.15) is 10.7 Å². The minimum Gasteiger partial charge on any atom is -0.306 e. The van der Waals surface area contributed by atoms with Crippen molar-refractivity contribution in [2.24, 2.45) is 0 Å². The van der Waals surface area contributed by atoms with Crippen molar-refractivity contribution < 1.29 is 4.79 Å². The molecule has 3 aromatic rings. The summed E-state index contributed by atoms with van der Waals surface area (Å²) in [5.41, 5.74) is 1.19. The standard InChI is InChI=1S/C15H12N2O2S/c1-8-6-12-14(19)16-13(17-15(12)20-8)11-5-3-4-10(7-11)9(2)18/h3-7H,1-2H3,(H,16,17,19). The molecule has 1 N–H and O–H groups in total. The molecular formula is C15H12N2O2S. The van der Waals surface area contributed by atoms with Crippen molar-refractivity contribution >= 4 is 27.3 Å². The largest absolute Gasteiger partial charge is 0.306 e. The van der Waals surface area contributed by atoms with Crippen molar-refractivity contribution in [3.05, 3.63) is 51.1 Å². The molecule has 4 nitrogen and oxygen atoms in total. The van der Waals surface area contributed by atoms with Crippen LogP contribution in [0.3, 0.4) is 0 Å². The van der Waals surface area contributed by atoms with E-state index in [2.05, 4.69) is 9.97 Å². The number of hydrogen-bond donors (Lipinski definition) is 1. The minimum absolute atomic E-state index is 0.0118. The lowest BCUT2D eigenvalue weighted by molar-refractivity contribution is 0.101. The van der Waals surface area contributed by atoms with E-state index >= 15 is 0 Å². The number of thiophene rings is 1. The number of nitrogens with one attached hydrogen (secondary N) is 1. The first-order valence-electron chi connectivity index (χ1n) is 6.16. The van der Waals surface area contributed by atoms with Gasteiger partial charge in [0.25, 0.3) is 5.56 Å². The number of ketones is 1. The zero-order chi connectivity index (χ0) is 14.3. The molecule has 0 saturated heterocycles. The number of Topliss-reactive ketones (excluding diaryl/α,β-unsaturated/α-hetero) is 1. The first kappa shape index (κ1) is 12.7. The normalized spacial score (nSPS) is 10.9. The Balaban J connectivity index is 2.21. The molecule has 5 heteroatoms. The van der Waals surface area contributed by atoms with Gasteiger partial charge >= 0.3 is 0 Å². The Morgan fingerprint density at radius 1 is 1.30 bits per heavy atom. The average molecular weight is 284 g/mol. The summed E-state index contributed by atoms with van der Waals surface area (Å²) in [6.45, 7) is 3.46. The van der Waals surface area contributed by atoms with Crippen LogP contribution >= 0.6 is 11.3 Å². The van der Waals surface area contributed by atoms with Crippen LogP contribution in [0.4, 0.5) is 0 Å². The topological polar surface area (TPSA) is 62.8 Å². The summed E-state index contributed by atoms with van der Waals surface area (Å²) in [7, 11) is 0. The lowest BCUT2D eigenvalue weighted by atomic mass is 10.1. The molecule has 0 aliphatic rings. The number of H-pyrrole nitrogens is 1. The molecule has 100 valence electrons. The Bertz CT molecular complexity index is 877. The zero-order valence-corrected chi connectivity index (χ0v) is 11.9. The number of fused-ring (bicyclic) bond motifs is 1. The molecule has 1 aromatic carbocycles. The molecule has 0 spiro atoms. The summed E-state index contributed by atoms with van der Waals surface area (Å²) in [5, 5.41) is 0.610. The van der Waals surface area contributed by atoms with Crippen molar-refractivity contribution in [1.29, 1.82) is 0 Å². The first-order chi connectivity index (χ1) is 9.54. The number of carbonyl (C=O) groups excluding carboxylic acids is 1. The second-order valence-electron chi connectivity index (χ2n) is 4.63. The first-order valence-corrected chi connectivity index (χ1v) is 6.98. The zero-order valence-electron chi connectivity index (χ0n) is 11.1. The molecule has 0 saturated carbocycles. The monoisotopic (exact) mass is 284 g/mol. The van der Waals surface area contributed by atoms with Gasteiger partial charge in [0.15, 0.2) is 5.78 Å². The predicted molar refractivity (Wildman–Crippen MR) is 80.4 cm³/mol. The van der Waals surface area contributed by atoms with Gasteiger partial charge in [-0.2, -0.15) is 0 Å². The van der Waals surface area contributed by atoms with E-state index in [1.54, 1.807) is 18.2 Å². The number of aryl methyl sites for hydroxylation is 1. The van der Waals surface area contributed by atoms with Gasteiger partial charge in [-0.05, 0) is 26.0 Å². The summed E-state index contributed by atoms with van der Waals surface area (Å²) in [6, 6.07) is 8.94. The summed E-state index contributed by atoms with van der Waals surface area (Å²) in [4.78, 5) is 32.5. The molecule has 0 fully saturated rings. The highest BCUT2D eigenvalue weighted by Gasteiger charge is 2.09. The SMILES string of the molecule is CC(=O)c1cccc(-c2nc3sc(C)cc3c(=O)[nH]2)c1. The van der Waals surface area contributed by atoms with Gasteiger partial charge < -0.3 is 4.98 Å². The number of hydrogen-bond acceptors (Lipinski definition) is 4. The highest BCUT2D eigenvalue weighted by molar-refractivity contribution is 7.18. The summed E-state index contributed by atoms with van der Waals surface area (Å²) in [6.07, 6.45) is 0. The van der Waals surface area contributed by atoms with Crippen LogP contribution < -0.4 is 5.56 Å². The van der Waals surface area contributed by atoms with Crippen LogP contribution in [0.15, 0.2) is 35.1 Å². The van der Waals surface area contributed by atoms with Gasteiger partial charge in [0.05, 0.1) is 5.39 Å². The van der Waals surface area contributed by atoms with Crippen molar-refractivity contribution in [2.75, 3.05) is 0 Å². The number of aromatic nitrogens is 2. The fourth-order valence-corrected chi connectivity index (χ4v) is 2.95. The van der Waals surface area contributed by atoms with Crippen LogP contribution in [0.25, 0.3) is 21.6 Å². The third kappa shape index (κ3) is 2.16. The molecule has 2 aromatic heterocycles. The number of rotatable bonds is 2. The van der Waals surface area contributed by atoms with Crippen LogP contribution in [-0.4, -0.2) is 15.8 Å². The third-order valence-corrected chi connectivity index (χ3v) is 4.01. The van der Waals surface area contributed by atoms with Gasteiger partial charge in [0.2, 0.25) is 0 Å². The van der Waals surface area contributed by atoms with E-state index in [-0.39, 0.29) is 11.3 Å². The van der Waals surface area contributed by atoms with E-state index in [1.165, 1.54) is 18.3 Å². The van der Waals surface area contributed by atoms with Gasteiger partial charge in [-0.1, -0.05) is 18.2 Å². The third-order valence-electron chi connectivity index (χ3n) is 3.07. The van der Waals surface area contributed by atoms with Gasteiger partial charge in [-0.3, -0.25) is 9.59 Å². The van der Waals surface area contributed by atoms with E-state index in [4.69, 9.17) is 0 Å². The lowest BCUT2D eigenvalue weighted by Gasteiger charge is -2.02. The van der Waals surface area contributed by atoms with Crippen molar-refractivity contribution in [1.82, 2.24) is 9.97 Å². The molecule has 3 rings (SSSR count). The molecule has 0 bridgehead atoms. The number of benzene rings is 1. The van der Waals surface area contributed by atoms with E-state index in [0.29, 0.717) is 16.8 Å². The fourth-order valence-electron chi connectivity index (χ4n) is 2.07. The van der Waals surface area contributed by atoms with Crippen LogP contribution in [-0.2, 0) is 0 Å². The van der Waals surface area contributed by atoms with Gasteiger partial charge in [-0.15, -0.1) is 11.3 Å². The Kier molecular flexibility index (Phi) is 2.99. The van der Waals surface area contributed by atoms with E-state index < -0.39 is 0 Å². The summed E-state index contributed by atoms with van der Waals surface area (Å²) in [5.74, 6) is 0.481. The van der Waals surface area contributed by atoms with E-state index in [1.807, 2.05) is 19.1 Å². The summed E-state index contributed by atoms with van der Waals surface area (Å²) < 4.78 is 0. The van der Waals surface area contributed by atoms with Crippen molar-refractivity contribution in [3.8, 4) is 11.4 Å². The smallest absolute Gasteiger partial charge is 0.259 e. The van der Waals surface area contributed by atoms with Crippen molar-refractivity contribution in [2.45, 2.75) is 13.8 Å². The van der Waals surface area contributed by atoms with Crippen LogP contribution in [0.5, 0.6) is 0 Å². The Labute approximate surface area is 119 Å². The molecule has 0 aliphatic carbocycles. The molecule has 0 atom stereocenters. The molecule has 20 heavy (non-hydrogen) atoms. The quantitative estimate of drug-likeness (QED) is 0.735. The number of aromatic amines is 1. The maximum Gasteiger partial charge on any atom is 0.259 e. The fraction of sp³-hybridized carbons (Fsp3) is 0.133. The highest BCUT2D eigenvalue weighted by Crippen LogP contribution is 2.23. The van der Waals surface area contributed by atoms with Crippen LogP contribution in [0.1, 0.15) is 22.2 Å². The average Bonchev–Trinajstić information content (AvgIpc) is 2.80. The van der Waals surface area contributed by atoms with Crippen LogP contribution in [0, 0.1) is 6.92 Å². The maximum absolute atomic E-state index is 12.0. The molecular weight excluding hydrogens is 272 g/mol. The lowest BCUT2D eigenvalue weighted by Crippen LogP contribution is -2.08. The van der Waals surface area contributed by atoms with Gasteiger partial charge in [0, 0.05) is 16.0 Å². The van der Waals surface area contributed by atoms with Gasteiger partial charge in [-0.25, -0.2) is 4.98 Å². The maximum atomic E-state index is 12.0. The minimum atomic E-state index is -0.150. The van der Waals surface area contributed by atoms with E-state index in [0.717, 1.165) is 15.3 Å². The Hall–Kier alpha value is -2.27. The Morgan fingerprint density at radius 2 is 2.10 bits per heavy atom. The molecule has 0 aliphatic heterocycles. The van der Waals surface area contributed by atoms with E-state index in [9.17, 15) is 9.59 Å². The van der Waals surface area contributed by atoms with Crippen molar-refractivity contribution in [3.63, 3.8) is 0 Å². The predicted octanol–water partition coefficient (Wildman–Crippen LogP) is 3.16. The summed E-state index contributed by atoms with van der Waals surface area (Å²) >= 11 is 1.49.